The summed E-state index contributed by atoms with van der Waals surface area (Å²) in [7, 11) is 3.25. The molecule has 1 amide bonds. The summed E-state index contributed by atoms with van der Waals surface area (Å²) in [6, 6.07) is 5.36. The first-order valence-corrected chi connectivity index (χ1v) is 8.02. The first-order valence-electron chi connectivity index (χ1n) is 8.02. The molecular weight excluding hydrogens is 292 g/mol. The first kappa shape index (κ1) is 21.4. The summed E-state index contributed by atoms with van der Waals surface area (Å²) in [5.74, 6) is 0.443. The van der Waals surface area contributed by atoms with Crippen molar-refractivity contribution in [3.63, 3.8) is 0 Å². The molecule has 0 aliphatic rings. The average molecular weight is 324 g/mol. The minimum absolute atomic E-state index is 0.0645. The highest BCUT2D eigenvalue weighted by atomic mass is 16.6. The van der Waals surface area contributed by atoms with Crippen molar-refractivity contribution < 1.29 is 14.6 Å². The van der Waals surface area contributed by atoms with Crippen molar-refractivity contribution in [1.82, 2.24) is 10.2 Å². The third-order valence-electron chi connectivity index (χ3n) is 2.85. The molecule has 0 aromatic heterocycles. The molecule has 1 unspecified atom stereocenters. The molecule has 0 aliphatic heterocycles. The smallest absolute Gasteiger partial charge is 0.410 e. The van der Waals surface area contributed by atoms with Gasteiger partial charge in [-0.05, 0) is 51.0 Å². The molecule has 0 aliphatic carbocycles. The minimum Gasteiger partial charge on any atom is -0.410 e. The second-order valence-corrected chi connectivity index (χ2v) is 6.49. The van der Waals surface area contributed by atoms with E-state index in [4.69, 9.17) is 4.74 Å². The van der Waals surface area contributed by atoms with E-state index >= 15 is 0 Å². The summed E-state index contributed by atoms with van der Waals surface area (Å²) in [5, 5.41) is 13.5. The Kier molecular flexibility index (Phi) is 8.87. The number of hydrogen-bond donors (Lipinski definition) is 2. The number of ether oxygens (including phenoxy) is 1. The van der Waals surface area contributed by atoms with Gasteiger partial charge in [-0.25, -0.2) is 4.79 Å². The molecule has 5 nitrogen and oxygen atoms in total. The zero-order valence-corrected chi connectivity index (χ0v) is 15.7. The number of benzene rings is 1. The van der Waals surface area contributed by atoms with Crippen LogP contribution in [0.4, 0.5) is 4.79 Å². The van der Waals surface area contributed by atoms with Gasteiger partial charge in [-0.2, -0.15) is 0 Å². The van der Waals surface area contributed by atoms with Gasteiger partial charge < -0.3 is 20.1 Å². The zero-order chi connectivity index (χ0) is 18.2. The van der Waals surface area contributed by atoms with E-state index < -0.39 is 12.2 Å². The number of amides is 1. The number of hydrogen-bond acceptors (Lipinski definition) is 4. The number of aliphatic hydroxyl groups is 1. The van der Waals surface area contributed by atoms with Crippen molar-refractivity contribution >= 4 is 6.09 Å². The lowest BCUT2D eigenvalue weighted by Crippen LogP contribution is -2.38. The predicted octanol–water partition coefficient (Wildman–Crippen LogP) is 3.50. The number of aryl methyl sites for hydroxylation is 1. The van der Waals surface area contributed by atoms with Crippen LogP contribution in [0.1, 0.15) is 51.8 Å². The van der Waals surface area contributed by atoms with Gasteiger partial charge in [0.2, 0.25) is 0 Å². The maximum atomic E-state index is 11.6. The fraction of sp³-hybridized carbons (Fsp3) is 0.611. The van der Waals surface area contributed by atoms with E-state index in [0.717, 1.165) is 11.1 Å². The molecule has 1 aromatic rings. The molecule has 5 heteroatoms. The van der Waals surface area contributed by atoms with Crippen LogP contribution in [0.3, 0.4) is 0 Å². The molecule has 23 heavy (non-hydrogen) atoms. The van der Waals surface area contributed by atoms with E-state index in [-0.39, 0.29) is 5.54 Å². The van der Waals surface area contributed by atoms with Crippen LogP contribution < -0.4 is 10.1 Å². The van der Waals surface area contributed by atoms with Gasteiger partial charge in [-0.3, -0.25) is 0 Å². The number of nitrogens with zero attached hydrogens (tertiary/aromatic N) is 1. The molecule has 1 aromatic carbocycles. The highest BCUT2D eigenvalue weighted by molar-refractivity contribution is 5.70. The van der Waals surface area contributed by atoms with Crippen LogP contribution in [0.25, 0.3) is 0 Å². The number of β-amino-alcohol motifs (C(OH)–C–C–N with tert-alkyl or cyclic N) is 1. The lowest BCUT2D eigenvalue weighted by atomic mass is 10.0. The van der Waals surface area contributed by atoms with Crippen LogP contribution in [0, 0.1) is 6.92 Å². The largest absolute Gasteiger partial charge is 0.414 e. The Labute approximate surface area is 140 Å². The highest BCUT2D eigenvalue weighted by Crippen LogP contribution is 2.22. The fourth-order valence-electron chi connectivity index (χ4n) is 1.74. The highest BCUT2D eigenvalue weighted by Gasteiger charge is 2.15. The van der Waals surface area contributed by atoms with Gasteiger partial charge in [0.1, 0.15) is 5.75 Å². The number of rotatable bonds is 4. The summed E-state index contributed by atoms with van der Waals surface area (Å²) in [6.07, 6.45) is -1.09. The van der Waals surface area contributed by atoms with Crippen LogP contribution in [-0.4, -0.2) is 42.3 Å². The van der Waals surface area contributed by atoms with Gasteiger partial charge in [-0.15, -0.1) is 0 Å². The van der Waals surface area contributed by atoms with Crippen molar-refractivity contribution in [2.24, 2.45) is 0 Å². The standard InChI is InChI=1S/C16H26N2O3.C2H6/c1-11-7-12(14(19)10-17-16(2,3)4)9-13(8-11)21-15(20)18(5)6;1-2/h7-9,14,17,19H,10H2,1-6H3;1-2H3. The molecule has 1 atom stereocenters. The van der Waals surface area contributed by atoms with Crippen LogP contribution in [0.2, 0.25) is 0 Å². The van der Waals surface area contributed by atoms with Crippen molar-refractivity contribution in [2.45, 2.75) is 53.2 Å². The third kappa shape index (κ3) is 8.57. The molecule has 0 spiro atoms. The van der Waals surface area contributed by atoms with Gasteiger partial charge in [0.05, 0.1) is 6.10 Å². The Bertz CT molecular complexity index is 494. The van der Waals surface area contributed by atoms with E-state index in [1.807, 2.05) is 47.6 Å². The molecule has 132 valence electrons. The molecular formula is C18H32N2O3. The van der Waals surface area contributed by atoms with Crippen molar-refractivity contribution in [3.05, 3.63) is 29.3 Å². The first-order chi connectivity index (χ1) is 10.6. The second kappa shape index (κ2) is 9.53. The van der Waals surface area contributed by atoms with E-state index in [2.05, 4.69) is 5.32 Å². The van der Waals surface area contributed by atoms with Crippen molar-refractivity contribution in [1.29, 1.82) is 0 Å². The van der Waals surface area contributed by atoms with Crippen LogP contribution in [0.5, 0.6) is 5.75 Å². The van der Waals surface area contributed by atoms with Gasteiger partial charge in [0.25, 0.3) is 0 Å². The Morgan fingerprint density at radius 2 is 1.83 bits per heavy atom. The second-order valence-electron chi connectivity index (χ2n) is 6.49. The van der Waals surface area contributed by atoms with Gasteiger partial charge in [-0.1, -0.05) is 19.9 Å². The monoisotopic (exact) mass is 324 g/mol. The zero-order valence-electron chi connectivity index (χ0n) is 15.7. The molecule has 0 heterocycles. The summed E-state index contributed by atoms with van der Waals surface area (Å²) >= 11 is 0. The number of aliphatic hydroxyl groups excluding tert-OH is 1. The topological polar surface area (TPSA) is 61.8 Å². The van der Waals surface area contributed by atoms with Crippen LogP contribution in [0.15, 0.2) is 18.2 Å². The van der Waals surface area contributed by atoms with Gasteiger partial charge >= 0.3 is 6.09 Å². The van der Waals surface area contributed by atoms with Crippen LogP contribution in [-0.2, 0) is 0 Å². The maximum absolute atomic E-state index is 11.6. The van der Waals surface area contributed by atoms with E-state index in [9.17, 15) is 9.90 Å². The lowest BCUT2D eigenvalue weighted by molar-refractivity contribution is 0.161. The Morgan fingerprint density at radius 3 is 2.30 bits per heavy atom. The fourth-order valence-corrected chi connectivity index (χ4v) is 1.74. The number of carbonyl (C=O) groups excluding carboxylic acids is 1. The van der Waals surface area contributed by atoms with Crippen LogP contribution >= 0.6 is 0 Å². The quantitative estimate of drug-likeness (QED) is 0.890. The number of carbonyl (C=O) groups is 1. The molecule has 0 saturated carbocycles. The lowest BCUT2D eigenvalue weighted by Gasteiger charge is -2.23. The Hall–Kier alpha value is -1.59. The summed E-state index contributed by atoms with van der Waals surface area (Å²) in [6.45, 7) is 12.5. The summed E-state index contributed by atoms with van der Waals surface area (Å²) < 4.78 is 5.25. The molecule has 0 saturated heterocycles. The van der Waals surface area contributed by atoms with E-state index in [1.54, 1.807) is 26.2 Å². The number of nitrogens with one attached hydrogen (secondary N) is 1. The predicted molar refractivity (Wildman–Crippen MR) is 95.0 cm³/mol. The van der Waals surface area contributed by atoms with Gasteiger partial charge in [0, 0.05) is 26.2 Å². The summed E-state index contributed by atoms with van der Waals surface area (Å²) in [4.78, 5) is 13.0. The van der Waals surface area contributed by atoms with E-state index in [1.165, 1.54) is 4.90 Å². The van der Waals surface area contributed by atoms with Gasteiger partial charge in [0.15, 0.2) is 0 Å². The maximum Gasteiger partial charge on any atom is 0.414 e. The van der Waals surface area contributed by atoms with Crippen molar-refractivity contribution in [2.75, 3.05) is 20.6 Å². The molecule has 2 N–H and O–H groups in total. The summed E-state index contributed by atoms with van der Waals surface area (Å²) in [5.41, 5.74) is 1.60. The van der Waals surface area contributed by atoms with E-state index in [0.29, 0.717) is 12.3 Å². The molecule has 0 bridgehead atoms. The Morgan fingerprint density at radius 1 is 1.26 bits per heavy atom. The van der Waals surface area contributed by atoms with Crippen molar-refractivity contribution in [3.8, 4) is 5.75 Å². The Balaban J connectivity index is 0.00000232. The molecule has 0 fully saturated rings. The molecule has 0 radical (unpaired) electrons. The SMILES string of the molecule is CC.Cc1cc(OC(=O)N(C)C)cc(C(O)CNC(C)(C)C)c1. The minimum atomic E-state index is -0.652. The normalized spacial score (nSPS) is 12.0. The third-order valence-corrected chi connectivity index (χ3v) is 2.85. The molecule has 1 rings (SSSR count). The average Bonchev–Trinajstić information content (AvgIpc) is 2.45.